The van der Waals surface area contributed by atoms with Crippen molar-refractivity contribution >= 4 is 34.7 Å². The van der Waals surface area contributed by atoms with Crippen molar-refractivity contribution in [2.75, 3.05) is 0 Å². The van der Waals surface area contributed by atoms with Crippen LogP contribution in [-0.2, 0) is 4.79 Å². The molecule has 0 amide bonds. The van der Waals surface area contributed by atoms with Gasteiger partial charge in [0.25, 0.3) is 0 Å². The first kappa shape index (κ1) is 11.1. The number of rotatable bonds is 3. The van der Waals surface area contributed by atoms with E-state index in [-0.39, 0.29) is 0 Å². The number of carbonyl (C=O) groups is 1. The van der Waals surface area contributed by atoms with Crippen LogP contribution >= 0.6 is 22.7 Å². The first-order valence-corrected chi connectivity index (χ1v) is 6.42. The summed E-state index contributed by atoms with van der Waals surface area (Å²) in [6, 6.07) is 8.05. The number of aliphatic carboxylic acids is 1. The second kappa shape index (κ2) is 4.63. The molecule has 0 bridgehead atoms. The minimum atomic E-state index is -0.869. The van der Waals surface area contributed by atoms with Crippen LogP contribution in [0.5, 0.6) is 0 Å². The summed E-state index contributed by atoms with van der Waals surface area (Å²) in [4.78, 5) is 14.1. The third-order valence-corrected chi connectivity index (χ3v) is 4.18. The fraction of sp³-hybridized carbons (Fsp3) is 0.0833. The van der Waals surface area contributed by atoms with Gasteiger partial charge in [-0.25, -0.2) is 4.79 Å². The Kier molecular flexibility index (Phi) is 3.22. The molecule has 2 heterocycles. The van der Waals surface area contributed by atoms with E-state index in [2.05, 4.69) is 6.07 Å². The van der Waals surface area contributed by atoms with Crippen LogP contribution in [0.1, 0.15) is 11.8 Å². The second-order valence-corrected chi connectivity index (χ2v) is 5.37. The maximum atomic E-state index is 10.7. The number of hydrogen-bond acceptors (Lipinski definition) is 3. The molecule has 4 heteroatoms. The van der Waals surface area contributed by atoms with E-state index >= 15 is 0 Å². The van der Waals surface area contributed by atoms with Gasteiger partial charge in [0.1, 0.15) is 0 Å². The van der Waals surface area contributed by atoms with Crippen molar-refractivity contribution in [2.45, 2.75) is 6.92 Å². The molecule has 0 spiro atoms. The molecule has 0 saturated heterocycles. The van der Waals surface area contributed by atoms with Crippen LogP contribution in [0, 0.1) is 0 Å². The quantitative estimate of drug-likeness (QED) is 0.837. The summed E-state index contributed by atoms with van der Waals surface area (Å²) in [6.07, 6.45) is 1.70. The zero-order valence-electron chi connectivity index (χ0n) is 8.64. The average Bonchev–Trinajstić information content (AvgIpc) is 2.85. The first-order chi connectivity index (χ1) is 7.66. The van der Waals surface area contributed by atoms with Crippen LogP contribution in [0.25, 0.3) is 15.8 Å². The van der Waals surface area contributed by atoms with Crippen LogP contribution in [0.3, 0.4) is 0 Å². The highest BCUT2D eigenvalue weighted by atomic mass is 32.1. The van der Waals surface area contributed by atoms with Crippen LogP contribution in [-0.4, -0.2) is 11.1 Å². The molecule has 0 aromatic carbocycles. The summed E-state index contributed by atoms with van der Waals surface area (Å²) in [5.74, 6) is -0.869. The van der Waals surface area contributed by atoms with Gasteiger partial charge in [-0.1, -0.05) is 6.07 Å². The maximum absolute atomic E-state index is 10.7. The largest absolute Gasteiger partial charge is 0.478 e. The van der Waals surface area contributed by atoms with Gasteiger partial charge in [-0.15, -0.1) is 22.7 Å². The zero-order chi connectivity index (χ0) is 11.5. The van der Waals surface area contributed by atoms with E-state index in [1.165, 1.54) is 9.75 Å². The average molecular weight is 250 g/mol. The highest BCUT2D eigenvalue weighted by Gasteiger charge is 2.04. The molecule has 2 nitrogen and oxygen atoms in total. The lowest BCUT2D eigenvalue weighted by Crippen LogP contribution is -1.94. The molecular weight excluding hydrogens is 240 g/mol. The van der Waals surface area contributed by atoms with Gasteiger partial charge in [-0.3, -0.25) is 0 Å². The lowest BCUT2D eigenvalue weighted by atomic mass is 10.2. The molecule has 0 unspecified atom stereocenters. The summed E-state index contributed by atoms with van der Waals surface area (Å²) >= 11 is 3.29. The highest BCUT2D eigenvalue weighted by Crippen LogP contribution is 2.32. The molecule has 2 rings (SSSR count). The SMILES string of the molecule is C/C(=C\c1ccc(-c2cccs2)s1)C(=O)O. The third kappa shape index (κ3) is 2.40. The molecule has 0 radical (unpaired) electrons. The molecule has 1 N–H and O–H groups in total. The number of carboxylic acids is 1. The van der Waals surface area contributed by atoms with Gasteiger partial charge in [0.05, 0.1) is 0 Å². The van der Waals surface area contributed by atoms with E-state index in [0.717, 1.165) is 4.88 Å². The summed E-state index contributed by atoms with van der Waals surface area (Å²) in [7, 11) is 0. The molecule has 2 aromatic heterocycles. The van der Waals surface area contributed by atoms with Gasteiger partial charge in [0, 0.05) is 20.2 Å². The molecule has 16 heavy (non-hydrogen) atoms. The summed E-state index contributed by atoms with van der Waals surface area (Å²) in [5.41, 5.74) is 0.361. The van der Waals surface area contributed by atoms with Crippen LogP contribution < -0.4 is 0 Å². The van der Waals surface area contributed by atoms with Crippen molar-refractivity contribution in [1.29, 1.82) is 0 Å². The standard InChI is InChI=1S/C12H10O2S2/c1-8(12(13)14)7-9-4-5-11(16-9)10-3-2-6-15-10/h2-7H,1H3,(H,13,14)/b8-7+. The zero-order valence-corrected chi connectivity index (χ0v) is 10.3. The molecule has 0 aliphatic rings. The van der Waals surface area contributed by atoms with Gasteiger partial charge < -0.3 is 5.11 Å². The monoisotopic (exact) mass is 250 g/mol. The smallest absolute Gasteiger partial charge is 0.331 e. The second-order valence-electron chi connectivity index (χ2n) is 3.31. The van der Waals surface area contributed by atoms with Crippen LogP contribution in [0.15, 0.2) is 35.2 Å². The lowest BCUT2D eigenvalue weighted by Gasteiger charge is -1.91. The van der Waals surface area contributed by atoms with E-state index < -0.39 is 5.97 Å². The van der Waals surface area contributed by atoms with E-state index in [4.69, 9.17) is 5.11 Å². The van der Waals surface area contributed by atoms with Gasteiger partial charge >= 0.3 is 5.97 Å². The van der Waals surface area contributed by atoms with Crippen molar-refractivity contribution in [1.82, 2.24) is 0 Å². The van der Waals surface area contributed by atoms with Gasteiger partial charge in [-0.05, 0) is 36.6 Å². The molecular formula is C12H10O2S2. The molecule has 0 atom stereocenters. The molecule has 0 fully saturated rings. The predicted octanol–water partition coefficient (Wildman–Crippen LogP) is 3.96. The highest BCUT2D eigenvalue weighted by molar-refractivity contribution is 7.21. The van der Waals surface area contributed by atoms with Crippen molar-refractivity contribution in [3.63, 3.8) is 0 Å². The third-order valence-electron chi connectivity index (χ3n) is 2.09. The number of carboxylic acid groups (broad SMARTS) is 1. The van der Waals surface area contributed by atoms with Gasteiger partial charge in [0.15, 0.2) is 0 Å². The van der Waals surface area contributed by atoms with Crippen LogP contribution in [0.2, 0.25) is 0 Å². The number of thiophene rings is 2. The van der Waals surface area contributed by atoms with Crippen molar-refractivity contribution in [3.05, 3.63) is 40.1 Å². The molecule has 2 aromatic rings. The molecule has 82 valence electrons. The van der Waals surface area contributed by atoms with Gasteiger partial charge in [0.2, 0.25) is 0 Å². The van der Waals surface area contributed by atoms with Crippen molar-refractivity contribution in [3.8, 4) is 9.75 Å². The predicted molar refractivity (Wildman–Crippen MR) is 68.9 cm³/mol. The number of hydrogen-bond donors (Lipinski definition) is 1. The van der Waals surface area contributed by atoms with Crippen molar-refractivity contribution in [2.24, 2.45) is 0 Å². The maximum Gasteiger partial charge on any atom is 0.331 e. The summed E-state index contributed by atoms with van der Waals surface area (Å²) in [6.45, 7) is 1.60. The Labute approximate surface area is 101 Å². The van der Waals surface area contributed by atoms with E-state index in [0.29, 0.717) is 5.57 Å². The molecule has 0 saturated carbocycles. The Hall–Kier alpha value is -1.39. The van der Waals surface area contributed by atoms with Gasteiger partial charge in [-0.2, -0.15) is 0 Å². The topological polar surface area (TPSA) is 37.3 Å². The van der Waals surface area contributed by atoms with E-state index in [1.807, 2.05) is 23.6 Å². The van der Waals surface area contributed by atoms with E-state index in [1.54, 1.807) is 35.7 Å². The minimum Gasteiger partial charge on any atom is -0.478 e. The Morgan fingerprint density at radius 3 is 2.75 bits per heavy atom. The van der Waals surface area contributed by atoms with Crippen LogP contribution in [0.4, 0.5) is 0 Å². The first-order valence-electron chi connectivity index (χ1n) is 4.72. The Morgan fingerprint density at radius 2 is 2.12 bits per heavy atom. The lowest BCUT2D eigenvalue weighted by molar-refractivity contribution is -0.132. The normalized spacial score (nSPS) is 11.7. The Balaban J connectivity index is 2.27. The van der Waals surface area contributed by atoms with Crippen molar-refractivity contribution < 1.29 is 9.90 Å². The Bertz CT molecular complexity index is 521. The Morgan fingerprint density at radius 1 is 1.31 bits per heavy atom. The molecule has 0 aliphatic carbocycles. The fourth-order valence-electron chi connectivity index (χ4n) is 1.26. The summed E-state index contributed by atoms with van der Waals surface area (Å²) < 4.78 is 0. The summed E-state index contributed by atoms with van der Waals surface area (Å²) in [5, 5.41) is 10.8. The fourth-order valence-corrected chi connectivity index (χ4v) is 3.10. The minimum absolute atomic E-state index is 0.361. The van der Waals surface area contributed by atoms with E-state index in [9.17, 15) is 4.79 Å². The molecule has 0 aliphatic heterocycles.